The number of thiocarbonyl (C=S) groups is 1. The first-order valence-corrected chi connectivity index (χ1v) is 12.7. The Morgan fingerprint density at radius 1 is 1.06 bits per heavy atom. The number of nitrogens with zero attached hydrogens (tertiary/aromatic N) is 3. The molecule has 2 amide bonds. The van der Waals surface area contributed by atoms with Crippen LogP contribution in [0.2, 0.25) is 0 Å². The molecule has 0 spiro atoms. The predicted octanol–water partition coefficient (Wildman–Crippen LogP) is 0.683. The molecule has 3 saturated heterocycles. The number of nitrogens with one attached hydrogen (secondary N) is 3. The molecule has 1 aliphatic carbocycles. The lowest BCUT2D eigenvalue weighted by atomic mass is 10.0. The minimum Gasteiger partial charge on any atom is -0.368 e. The van der Waals surface area contributed by atoms with Gasteiger partial charge in [0.05, 0.1) is 6.04 Å². The summed E-state index contributed by atoms with van der Waals surface area (Å²) >= 11 is 5.43. The molecule has 33 heavy (non-hydrogen) atoms. The molecule has 0 radical (unpaired) electrons. The van der Waals surface area contributed by atoms with Crippen molar-refractivity contribution in [2.45, 2.75) is 56.3 Å². The fraction of sp³-hybridized carbons (Fsp3) is 0.625. The molecular weight excluding hydrogens is 436 g/mol. The first kappa shape index (κ1) is 22.4. The van der Waals surface area contributed by atoms with E-state index in [0.29, 0.717) is 24.1 Å². The van der Waals surface area contributed by atoms with Gasteiger partial charge in [0.25, 0.3) is 0 Å². The molecule has 9 heteroatoms. The lowest BCUT2D eigenvalue weighted by molar-refractivity contribution is -0.132. The number of anilines is 1. The fourth-order valence-corrected chi connectivity index (χ4v) is 5.62. The Bertz CT molecular complexity index is 871. The van der Waals surface area contributed by atoms with Gasteiger partial charge in [-0.15, -0.1) is 0 Å². The molecule has 3 unspecified atom stereocenters. The van der Waals surface area contributed by atoms with Crippen LogP contribution in [0.5, 0.6) is 0 Å². The average molecular weight is 471 g/mol. The highest BCUT2D eigenvalue weighted by Gasteiger charge is 2.43. The summed E-state index contributed by atoms with van der Waals surface area (Å²) in [5.41, 5.74) is 1.22. The van der Waals surface area contributed by atoms with Crippen molar-refractivity contribution >= 4 is 34.8 Å². The summed E-state index contributed by atoms with van der Waals surface area (Å²) in [7, 11) is 0. The van der Waals surface area contributed by atoms with Crippen LogP contribution in [0.4, 0.5) is 5.69 Å². The van der Waals surface area contributed by atoms with E-state index in [-0.39, 0.29) is 29.9 Å². The standard InChI is InChI=1S/C24H34N6O2S/c31-22(29-12-10-28(11-13-29)19-4-2-1-3-5-19)9-8-20-15-25-23(32)21-14-18(16-30(20)21)27-24(33)26-17-6-7-17/h1-5,17-18,20-21H,6-16H2,(H,25,32)(H2,26,27,33). The summed E-state index contributed by atoms with van der Waals surface area (Å²) in [6, 6.07) is 11.1. The first-order chi connectivity index (χ1) is 16.1. The summed E-state index contributed by atoms with van der Waals surface area (Å²) < 4.78 is 0. The number of hydrogen-bond acceptors (Lipinski definition) is 5. The Balaban J connectivity index is 1.09. The molecule has 1 aromatic carbocycles. The molecule has 4 aliphatic rings. The Morgan fingerprint density at radius 2 is 1.79 bits per heavy atom. The smallest absolute Gasteiger partial charge is 0.237 e. The van der Waals surface area contributed by atoms with Gasteiger partial charge in [0.1, 0.15) is 0 Å². The summed E-state index contributed by atoms with van der Waals surface area (Å²) in [4.78, 5) is 32.0. The topological polar surface area (TPSA) is 80.0 Å². The third-order valence-corrected chi connectivity index (χ3v) is 7.55. The van der Waals surface area contributed by atoms with E-state index in [2.05, 4.69) is 50.0 Å². The second-order valence-corrected chi connectivity index (χ2v) is 10.1. The van der Waals surface area contributed by atoms with Crippen LogP contribution in [0.3, 0.4) is 0 Å². The third kappa shape index (κ3) is 5.41. The fourth-order valence-electron chi connectivity index (χ4n) is 5.29. The van der Waals surface area contributed by atoms with Gasteiger partial charge < -0.3 is 25.8 Å². The summed E-state index contributed by atoms with van der Waals surface area (Å²) in [5, 5.41) is 10.5. The Hall–Kier alpha value is -2.39. The largest absolute Gasteiger partial charge is 0.368 e. The number of rotatable bonds is 6. The van der Waals surface area contributed by atoms with E-state index < -0.39 is 0 Å². The number of benzene rings is 1. The molecule has 3 atom stereocenters. The van der Waals surface area contributed by atoms with Gasteiger partial charge in [0, 0.05) is 69.5 Å². The maximum atomic E-state index is 12.9. The number of fused-ring (bicyclic) bond motifs is 1. The van der Waals surface area contributed by atoms with Gasteiger partial charge in [0.15, 0.2) is 5.11 Å². The SMILES string of the molecule is O=C1NCC(CCC(=O)N2CCN(c3ccccc3)CC2)N2CC(NC(=S)NC3CC3)CC12. The van der Waals surface area contributed by atoms with Crippen LogP contribution < -0.4 is 20.9 Å². The molecule has 5 rings (SSSR count). The molecule has 3 aliphatic heterocycles. The van der Waals surface area contributed by atoms with Gasteiger partial charge in [-0.2, -0.15) is 0 Å². The van der Waals surface area contributed by atoms with Crippen molar-refractivity contribution in [3.05, 3.63) is 30.3 Å². The predicted molar refractivity (Wildman–Crippen MR) is 132 cm³/mol. The van der Waals surface area contributed by atoms with Gasteiger partial charge in [0.2, 0.25) is 11.8 Å². The summed E-state index contributed by atoms with van der Waals surface area (Å²) in [6.45, 7) is 4.66. The van der Waals surface area contributed by atoms with E-state index in [9.17, 15) is 9.59 Å². The lowest BCUT2D eigenvalue weighted by Crippen LogP contribution is -2.58. The van der Waals surface area contributed by atoms with Crippen molar-refractivity contribution in [2.24, 2.45) is 0 Å². The third-order valence-electron chi connectivity index (χ3n) is 7.32. The van der Waals surface area contributed by atoms with Crippen LogP contribution in [-0.2, 0) is 9.59 Å². The number of para-hydroxylation sites is 1. The zero-order valence-electron chi connectivity index (χ0n) is 19.0. The number of carbonyl (C=O) groups is 2. The number of hydrogen-bond donors (Lipinski definition) is 3. The average Bonchev–Trinajstić information content (AvgIpc) is 3.54. The van der Waals surface area contributed by atoms with Crippen LogP contribution in [0.15, 0.2) is 30.3 Å². The van der Waals surface area contributed by atoms with E-state index in [1.165, 1.54) is 18.5 Å². The van der Waals surface area contributed by atoms with Crippen molar-refractivity contribution < 1.29 is 9.59 Å². The van der Waals surface area contributed by atoms with Gasteiger partial charge in [-0.1, -0.05) is 18.2 Å². The molecular formula is C24H34N6O2S. The summed E-state index contributed by atoms with van der Waals surface area (Å²) in [5.74, 6) is 0.319. The number of amides is 2. The van der Waals surface area contributed by atoms with E-state index in [4.69, 9.17) is 12.2 Å². The van der Waals surface area contributed by atoms with Crippen LogP contribution >= 0.6 is 12.2 Å². The first-order valence-electron chi connectivity index (χ1n) is 12.2. The second kappa shape index (κ2) is 9.85. The quantitative estimate of drug-likeness (QED) is 0.528. The van der Waals surface area contributed by atoms with Crippen LogP contribution in [0.1, 0.15) is 32.1 Å². The van der Waals surface area contributed by atoms with E-state index >= 15 is 0 Å². The zero-order chi connectivity index (χ0) is 22.8. The molecule has 8 nitrogen and oxygen atoms in total. The molecule has 3 heterocycles. The Kier molecular flexibility index (Phi) is 6.69. The van der Waals surface area contributed by atoms with Crippen LogP contribution in [-0.4, -0.2) is 90.2 Å². The maximum absolute atomic E-state index is 12.9. The van der Waals surface area contributed by atoms with Crippen LogP contribution in [0.25, 0.3) is 0 Å². The molecule has 4 fully saturated rings. The van der Waals surface area contributed by atoms with E-state index in [1.54, 1.807) is 0 Å². The normalized spacial score (nSPS) is 27.6. The monoisotopic (exact) mass is 470 g/mol. The Labute approximate surface area is 201 Å². The minimum absolute atomic E-state index is 0.0972. The molecule has 3 N–H and O–H groups in total. The van der Waals surface area contributed by atoms with Crippen molar-refractivity contribution in [1.29, 1.82) is 0 Å². The Morgan fingerprint density at radius 3 is 2.52 bits per heavy atom. The maximum Gasteiger partial charge on any atom is 0.237 e. The molecule has 0 aromatic heterocycles. The second-order valence-electron chi connectivity index (χ2n) is 9.68. The molecule has 178 valence electrons. The van der Waals surface area contributed by atoms with Crippen molar-refractivity contribution in [3.63, 3.8) is 0 Å². The molecule has 1 saturated carbocycles. The highest BCUT2D eigenvalue weighted by molar-refractivity contribution is 7.80. The molecule has 1 aromatic rings. The summed E-state index contributed by atoms with van der Waals surface area (Å²) in [6.07, 6.45) is 4.41. The van der Waals surface area contributed by atoms with Gasteiger partial charge >= 0.3 is 0 Å². The van der Waals surface area contributed by atoms with Crippen molar-refractivity contribution in [2.75, 3.05) is 44.2 Å². The minimum atomic E-state index is -0.130. The van der Waals surface area contributed by atoms with E-state index in [1.807, 2.05) is 11.0 Å². The van der Waals surface area contributed by atoms with Crippen molar-refractivity contribution in [3.8, 4) is 0 Å². The number of piperazine rings is 2. The van der Waals surface area contributed by atoms with Gasteiger partial charge in [-0.3, -0.25) is 14.5 Å². The highest BCUT2D eigenvalue weighted by atomic mass is 32.1. The zero-order valence-corrected chi connectivity index (χ0v) is 19.9. The van der Waals surface area contributed by atoms with Gasteiger partial charge in [-0.25, -0.2) is 0 Å². The van der Waals surface area contributed by atoms with Crippen LogP contribution in [0, 0.1) is 0 Å². The number of carbonyl (C=O) groups excluding carboxylic acids is 2. The highest BCUT2D eigenvalue weighted by Crippen LogP contribution is 2.26. The van der Waals surface area contributed by atoms with E-state index in [0.717, 1.165) is 45.6 Å². The lowest BCUT2D eigenvalue weighted by Gasteiger charge is -2.38. The van der Waals surface area contributed by atoms with Gasteiger partial charge in [-0.05, 0) is 50.0 Å². The van der Waals surface area contributed by atoms with Crippen molar-refractivity contribution in [1.82, 2.24) is 25.8 Å². The molecule has 0 bridgehead atoms.